The molecule has 0 aliphatic heterocycles. The molecule has 0 aliphatic rings. The lowest BCUT2D eigenvalue weighted by molar-refractivity contribution is -0.137. The number of carbonyl (C=O) groups excluding carboxylic acids is 1. The Morgan fingerprint density at radius 1 is 1.13 bits per heavy atom. The number of anilines is 1. The first-order valence-corrected chi connectivity index (χ1v) is 10.1. The molecule has 0 radical (unpaired) electrons. The van der Waals surface area contributed by atoms with E-state index in [0.29, 0.717) is 22.4 Å². The summed E-state index contributed by atoms with van der Waals surface area (Å²) in [6, 6.07) is 11.5. The van der Waals surface area contributed by atoms with Gasteiger partial charge >= 0.3 is 6.18 Å². The molecule has 2 aromatic carbocycles. The zero-order valence-corrected chi connectivity index (χ0v) is 17.1. The number of nitrogens with zero attached hydrogens (tertiary/aromatic N) is 2. The third kappa shape index (κ3) is 5.78. The highest BCUT2D eigenvalue weighted by Gasteiger charge is 2.30. The number of imidazole rings is 1. The van der Waals surface area contributed by atoms with Crippen molar-refractivity contribution in [1.82, 2.24) is 9.55 Å². The number of nitrogens with one attached hydrogen (secondary N) is 1. The molecule has 3 aromatic rings. The second-order valence-corrected chi connectivity index (χ2v) is 7.69. The van der Waals surface area contributed by atoms with Crippen molar-refractivity contribution < 1.29 is 23.1 Å². The number of benzene rings is 2. The summed E-state index contributed by atoms with van der Waals surface area (Å²) in [6.07, 6.45) is -2.89. The Hall–Kier alpha value is -2.49. The van der Waals surface area contributed by atoms with E-state index < -0.39 is 11.7 Å². The van der Waals surface area contributed by atoms with Gasteiger partial charge in [-0.05, 0) is 42.0 Å². The van der Waals surface area contributed by atoms with E-state index in [2.05, 4.69) is 10.3 Å². The van der Waals surface area contributed by atoms with Gasteiger partial charge in [-0.2, -0.15) is 13.2 Å². The molecule has 30 heavy (non-hydrogen) atoms. The Balaban J connectivity index is 1.63. The number of hydrogen-bond donors (Lipinski definition) is 2. The number of hydrogen-bond acceptors (Lipinski definition) is 4. The van der Waals surface area contributed by atoms with Gasteiger partial charge in [0.25, 0.3) is 0 Å². The molecule has 0 unspecified atom stereocenters. The maximum Gasteiger partial charge on any atom is 0.416 e. The van der Waals surface area contributed by atoms with Gasteiger partial charge in [-0.25, -0.2) is 4.98 Å². The standard InChI is InChI=1S/C20H17ClF3N3O2S/c21-15-5-1-13(2-6-15)10-27-17(11-28)9-25-19(27)30-12-18(29)26-16-7-3-14(4-8-16)20(22,23)24/h1-9,28H,10-12H2,(H,26,29). The van der Waals surface area contributed by atoms with Crippen LogP contribution in [0.4, 0.5) is 18.9 Å². The SMILES string of the molecule is O=C(CSc1ncc(CO)n1Cc1ccc(Cl)cc1)Nc1ccc(C(F)(F)F)cc1. The van der Waals surface area contributed by atoms with Crippen LogP contribution in [0.15, 0.2) is 59.9 Å². The van der Waals surface area contributed by atoms with Crippen molar-refractivity contribution >= 4 is 35.0 Å². The molecule has 1 amide bonds. The van der Waals surface area contributed by atoms with E-state index in [4.69, 9.17) is 11.6 Å². The molecule has 0 spiro atoms. The molecule has 0 saturated carbocycles. The van der Waals surface area contributed by atoms with Gasteiger partial charge in [0.15, 0.2) is 5.16 Å². The van der Waals surface area contributed by atoms with Gasteiger partial charge in [0.1, 0.15) is 0 Å². The second kappa shape index (κ2) is 9.55. The molecule has 1 aromatic heterocycles. The lowest BCUT2D eigenvalue weighted by atomic mass is 10.2. The minimum atomic E-state index is -4.43. The second-order valence-electron chi connectivity index (χ2n) is 6.31. The Morgan fingerprint density at radius 3 is 2.40 bits per heavy atom. The van der Waals surface area contributed by atoms with Gasteiger partial charge in [-0.15, -0.1) is 0 Å². The molecule has 0 bridgehead atoms. The van der Waals surface area contributed by atoms with Crippen molar-refractivity contribution in [3.63, 3.8) is 0 Å². The Morgan fingerprint density at radius 2 is 1.80 bits per heavy atom. The van der Waals surface area contributed by atoms with Crippen molar-refractivity contribution in [2.45, 2.75) is 24.5 Å². The molecule has 158 valence electrons. The van der Waals surface area contributed by atoms with Crippen molar-refractivity contribution in [3.05, 3.63) is 76.6 Å². The molecule has 5 nitrogen and oxygen atoms in total. The third-order valence-corrected chi connectivity index (χ3v) is 5.39. The predicted molar refractivity (Wildman–Crippen MR) is 110 cm³/mol. The fourth-order valence-corrected chi connectivity index (χ4v) is 3.57. The summed E-state index contributed by atoms with van der Waals surface area (Å²) in [5.74, 6) is -0.380. The molecular weight excluding hydrogens is 439 g/mol. The normalized spacial score (nSPS) is 11.5. The van der Waals surface area contributed by atoms with Crippen LogP contribution in [-0.2, 0) is 24.1 Å². The molecule has 2 N–H and O–H groups in total. The fourth-order valence-electron chi connectivity index (χ4n) is 2.64. The van der Waals surface area contributed by atoms with Crippen LogP contribution in [0.5, 0.6) is 0 Å². The summed E-state index contributed by atoms with van der Waals surface area (Å²) in [6.45, 7) is 0.231. The largest absolute Gasteiger partial charge is 0.416 e. The predicted octanol–water partition coefficient (Wildman–Crippen LogP) is 4.83. The summed E-state index contributed by atoms with van der Waals surface area (Å²) >= 11 is 7.06. The van der Waals surface area contributed by atoms with Crippen molar-refractivity contribution in [3.8, 4) is 0 Å². The number of carbonyl (C=O) groups is 1. The number of aromatic nitrogens is 2. The highest BCUT2D eigenvalue weighted by Crippen LogP contribution is 2.30. The molecule has 10 heteroatoms. The van der Waals surface area contributed by atoms with Crippen molar-refractivity contribution in [1.29, 1.82) is 0 Å². The van der Waals surface area contributed by atoms with Crippen LogP contribution in [0.1, 0.15) is 16.8 Å². The van der Waals surface area contributed by atoms with Crippen LogP contribution in [0, 0.1) is 0 Å². The van der Waals surface area contributed by atoms with Gasteiger partial charge in [-0.1, -0.05) is 35.5 Å². The van der Waals surface area contributed by atoms with Crippen LogP contribution < -0.4 is 5.32 Å². The number of aliphatic hydroxyl groups is 1. The van der Waals surface area contributed by atoms with Crippen molar-refractivity contribution in [2.24, 2.45) is 0 Å². The molecule has 0 aliphatic carbocycles. The van der Waals surface area contributed by atoms with Gasteiger partial charge in [-0.3, -0.25) is 4.79 Å². The minimum absolute atomic E-state index is 0.00349. The topological polar surface area (TPSA) is 67.1 Å². The summed E-state index contributed by atoms with van der Waals surface area (Å²) in [5, 5.41) is 13.3. The summed E-state index contributed by atoms with van der Waals surface area (Å²) in [4.78, 5) is 16.4. The summed E-state index contributed by atoms with van der Waals surface area (Å²) in [7, 11) is 0. The van der Waals surface area contributed by atoms with E-state index in [1.54, 1.807) is 16.7 Å². The summed E-state index contributed by atoms with van der Waals surface area (Å²) < 4.78 is 39.6. The van der Waals surface area contributed by atoms with E-state index in [0.717, 1.165) is 29.5 Å². The monoisotopic (exact) mass is 455 g/mol. The van der Waals surface area contributed by atoms with Crippen LogP contribution >= 0.6 is 23.4 Å². The first-order valence-electron chi connectivity index (χ1n) is 8.76. The smallest absolute Gasteiger partial charge is 0.390 e. The van der Waals surface area contributed by atoms with Crippen LogP contribution in [0.2, 0.25) is 5.02 Å². The van der Waals surface area contributed by atoms with E-state index >= 15 is 0 Å². The molecule has 3 rings (SSSR count). The third-order valence-electron chi connectivity index (χ3n) is 4.15. The van der Waals surface area contributed by atoms with Gasteiger partial charge in [0, 0.05) is 17.3 Å². The molecule has 0 saturated heterocycles. The Kier molecular flexibility index (Phi) is 7.06. The zero-order chi connectivity index (χ0) is 21.7. The van der Waals surface area contributed by atoms with E-state index in [1.807, 2.05) is 12.1 Å². The van der Waals surface area contributed by atoms with Gasteiger partial charge < -0.3 is 15.0 Å². The van der Waals surface area contributed by atoms with Gasteiger partial charge in [0.05, 0.1) is 29.8 Å². The number of rotatable bonds is 7. The number of amides is 1. The lowest BCUT2D eigenvalue weighted by Gasteiger charge is -2.11. The molecule has 0 atom stereocenters. The number of aliphatic hydroxyl groups excluding tert-OH is 1. The van der Waals surface area contributed by atoms with Crippen molar-refractivity contribution in [2.75, 3.05) is 11.1 Å². The first kappa shape index (κ1) is 22.2. The lowest BCUT2D eigenvalue weighted by Crippen LogP contribution is -2.15. The van der Waals surface area contributed by atoms with Crippen LogP contribution in [-0.4, -0.2) is 26.3 Å². The quantitative estimate of drug-likeness (QED) is 0.501. The van der Waals surface area contributed by atoms with E-state index in [-0.39, 0.29) is 24.0 Å². The average molecular weight is 456 g/mol. The van der Waals surface area contributed by atoms with E-state index in [1.165, 1.54) is 18.3 Å². The molecular formula is C20H17ClF3N3O2S. The van der Waals surface area contributed by atoms with Gasteiger partial charge in [0.2, 0.25) is 5.91 Å². The first-order chi connectivity index (χ1) is 14.3. The summed E-state index contributed by atoms with van der Waals surface area (Å²) in [5.41, 5.74) is 1.03. The number of alkyl halides is 3. The highest BCUT2D eigenvalue weighted by molar-refractivity contribution is 7.99. The highest BCUT2D eigenvalue weighted by atomic mass is 35.5. The zero-order valence-electron chi connectivity index (χ0n) is 15.5. The molecule has 1 heterocycles. The number of halogens is 4. The number of thioether (sulfide) groups is 1. The minimum Gasteiger partial charge on any atom is -0.390 e. The average Bonchev–Trinajstić information content (AvgIpc) is 3.09. The Bertz CT molecular complexity index is 1010. The maximum atomic E-state index is 12.6. The van der Waals surface area contributed by atoms with Crippen LogP contribution in [0.3, 0.4) is 0 Å². The van der Waals surface area contributed by atoms with E-state index in [9.17, 15) is 23.1 Å². The van der Waals surface area contributed by atoms with Crippen LogP contribution in [0.25, 0.3) is 0 Å². The maximum absolute atomic E-state index is 12.6. The molecule has 0 fully saturated rings. The Labute approximate surface area is 179 Å². The fraction of sp³-hybridized carbons (Fsp3) is 0.200.